The standard InChI is InChI=1S/C12H17BrClN/c1-2-12(6-7-13)15-9-10-4-3-5-11(14)8-10/h3-5,8,12,15H,2,6-7,9H2,1H3. The first-order valence-corrected chi connectivity index (χ1v) is 6.80. The Kier molecular flexibility index (Phi) is 6.30. The van der Waals surface area contributed by atoms with E-state index in [0.717, 1.165) is 29.7 Å². The molecule has 1 unspecified atom stereocenters. The molecule has 0 aromatic heterocycles. The second-order valence-electron chi connectivity index (χ2n) is 3.59. The molecule has 15 heavy (non-hydrogen) atoms. The molecule has 0 aliphatic heterocycles. The van der Waals surface area contributed by atoms with Gasteiger partial charge in [-0.3, -0.25) is 0 Å². The Hall–Kier alpha value is -0.0500. The number of rotatable bonds is 6. The minimum absolute atomic E-state index is 0.586. The molecular weight excluding hydrogens is 273 g/mol. The molecule has 1 atom stereocenters. The van der Waals surface area contributed by atoms with Crippen LogP contribution >= 0.6 is 27.5 Å². The molecule has 84 valence electrons. The van der Waals surface area contributed by atoms with Crippen molar-refractivity contribution >= 4 is 27.5 Å². The fraction of sp³-hybridized carbons (Fsp3) is 0.500. The van der Waals surface area contributed by atoms with Crippen LogP contribution in [0, 0.1) is 0 Å². The van der Waals surface area contributed by atoms with Crippen LogP contribution < -0.4 is 5.32 Å². The Balaban J connectivity index is 2.41. The molecule has 1 rings (SSSR count). The van der Waals surface area contributed by atoms with E-state index >= 15 is 0 Å². The highest BCUT2D eigenvalue weighted by atomic mass is 79.9. The van der Waals surface area contributed by atoms with Crippen LogP contribution in [0.1, 0.15) is 25.3 Å². The number of hydrogen-bond acceptors (Lipinski definition) is 1. The molecule has 1 aromatic carbocycles. The Morgan fingerprint density at radius 3 is 2.87 bits per heavy atom. The van der Waals surface area contributed by atoms with Crippen LogP contribution in [0.5, 0.6) is 0 Å². The number of benzene rings is 1. The Morgan fingerprint density at radius 2 is 2.27 bits per heavy atom. The SMILES string of the molecule is CCC(CCBr)NCc1cccc(Cl)c1. The first kappa shape index (κ1) is 13.0. The van der Waals surface area contributed by atoms with Crippen molar-refractivity contribution in [1.29, 1.82) is 0 Å². The molecule has 0 spiro atoms. The van der Waals surface area contributed by atoms with E-state index in [1.54, 1.807) is 0 Å². The maximum absolute atomic E-state index is 5.92. The van der Waals surface area contributed by atoms with Crippen LogP contribution in [0.15, 0.2) is 24.3 Å². The molecule has 3 heteroatoms. The highest BCUT2D eigenvalue weighted by molar-refractivity contribution is 9.09. The van der Waals surface area contributed by atoms with Gasteiger partial charge in [-0.15, -0.1) is 0 Å². The topological polar surface area (TPSA) is 12.0 Å². The molecule has 0 heterocycles. The zero-order valence-electron chi connectivity index (χ0n) is 8.97. The van der Waals surface area contributed by atoms with Crippen molar-refractivity contribution in [2.75, 3.05) is 5.33 Å². The smallest absolute Gasteiger partial charge is 0.0409 e. The third kappa shape index (κ3) is 5.01. The van der Waals surface area contributed by atoms with Crippen LogP contribution in [-0.4, -0.2) is 11.4 Å². The second kappa shape index (κ2) is 7.26. The maximum atomic E-state index is 5.92. The highest BCUT2D eigenvalue weighted by Gasteiger charge is 2.04. The van der Waals surface area contributed by atoms with E-state index in [1.165, 1.54) is 5.56 Å². The minimum Gasteiger partial charge on any atom is -0.310 e. The summed E-state index contributed by atoms with van der Waals surface area (Å²) in [6.07, 6.45) is 2.32. The van der Waals surface area contributed by atoms with Gasteiger partial charge in [0.2, 0.25) is 0 Å². The van der Waals surface area contributed by atoms with E-state index in [9.17, 15) is 0 Å². The van der Waals surface area contributed by atoms with E-state index in [2.05, 4.69) is 34.2 Å². The molecule has 1 nitrogen and oxygen atoms in total. The highest BCUT2D eigenvalue weighted by Crippen LogP contribution is 2.11. The molecule has 0 fully saturated rings. The Bertz CT molecular complexity index is 291. The monoisotopic (exact) mass is 289 g/mol. The molecule has 0 saturated heterocycles. The molecule has 0 aliphatic carbocycles. The van der Waals surface area contributed by atoms with Gasteiger partial charge in [-0.2, -0.15) is 0 Å². The van der Waals surface area contributed by atoms with E-state index in [4.69, 9.17) is 11.6 Å². The molecule has 0 radical (unpaired) electrons. The second-order valence-corrected chi connectivity index (χ2v) is 4.82. The quantitative estimate of drug-likeness (QED) is 0.781. The number of hydrogen-bond donors (Lipinski definition) is 1. The summed E-state index contributed by atoms with van der Waals surface area (Å²) in [5.74, 6) is 0. The summed E-state index contributed by atoms with van der Waals surface area (Å²) in [6, 6.07) is 8.59. The van der Waals surface area contributed by atoms with Gasteiger partial charge in [0.25, 0.3) is 0 Å². The summed E-state index contributed by atoms with van der Waals surface area (Å²) < 4.78 is 0. The summed E-state index contributed by atoms with van der Waals surface area (Å²) in [5.41, 5.74) is 1.25. The van der Waals surface area contributed by atoms with Gasteiger partial charge in [0.15, 0.2) is 0 Å². The minimum atomic E-state index is 0.586. The fourth-order valence-electron chi connectivity index (χ4n) is 1.49. The summed E-state index contributed by atoms with van der Waals surface area (Å²) in [4.78, 5) is 0. The Morgan fingerprint density at radius 1 is 1.47 bits per heavy atom. The zero-order chi connectivity index (χ0) is 11.1. The van der Waals surface area contributed by atoms with Gasteiger partial charge in [-0.1, -0.05) is 46.6 Å². The van der Waals surface area contributed by atoms with E-state index in [1.807, 2.05) is 18.2 Å². The van der Waals surface area contributed by atoms with Crippen molar-refractivity contribution in [2.45, 2.75) is 32.4 Å². The third-order valence-electron chi connectivity index (χ3n) is 2.43. The molecule has 0 bridgehead atoms. The summed E-state index contributed by atoms with van der Waals surface area (Å²) in [6.45, 7) is 3.10. The lowest BCUT2D eigenvalue weighted by Crippen LogP contribution is -2.28. The fourth-order valence-corrected chi connectivity index (χ4v) is 2.26. The van der Waals surface area contributed by atoms with E-state index in [0.29, 0.717) is 6.04 Å². The molecule has 0 aliphatic rings. The van der Waals surface area contributed by atoms with Crippen LogP contribution in [-0.2, 0) is 6.54 Å². The van der Waals surface area contributed by atoms with Crippen molar-refractivity contribution < 1.29 is 0 Å². The first-order chi connectivity index (χ1) is 7.26. The van der Waals surface area contributed by atoms with E-state index < -0.39 is 0 Å². The third-order valence-corrected chi connectivity index (χ3v) is 3.13. The average Bonchev–Trinajstić information content (AvgIpc) is 2.24. The van der Waals surface area contributed by atoms with Gasteiger partial charge in [0, 0.05) is 22.9 Å². The lowest BCUT2D eigenvalue weighted by molar-refractivity contribution is 0.488. The maximum Gasteiger partial charge on any atom is 0.0409 e. The lowest BCUT2D eigenvalue weighted by Gasteiger charge is -2.15. The molecular formula is C12H17BrClN. The largest absolute Gasteiger partial charge is 0.310 e. The molecule has 1 N–H and O–H groups in total. The van der Waals surface area contributed by atoms with Crippen molar-refractivity contribution in [3.05, 3.63) is 34.9 Å². The Labute approximate surface area is 105 Å². The van der Waals surface area contributed by atoms with Crippen molar-refractivity contribution in [2.24, 2.45) is 0 Å². The van der Waals surface area contributed by atoms with E-state index in [-0.39, 0.29) is 0 Å². The predicted molar refractivity (Wildman–Crippen MR) is 70.8 cm³/mol. The van der Waals surface area contributed by atoms with Gasteiger partial charge in [-0.25, -0.2) is 0 Å². The predicted octanol–water partition coefficient (Wildman–Crippen LogP) is 3.99. The average molecular weight is 291 g/mol. The van der Waals surface area contributed by atoms with Gasteiger partial charge in [0.1, 0.15) is 0 Å². The van der Waals surface area contributed by atoms with Crippen LogP contribution in [0.3, 0.4) is 0 Å². The van der Waals surface area contributed by atoms with Gasteiger partial charge < -0.3 is 5.32 Å². The summed E-state index contributed by atoms with van der Waals surface area (Å²) >= 11 is 9.39. The summed E-state index contributed by atoms with van der Waals surface area (Å²) in [5, 5.41) is 5.38. The van der Waals surface area contributed by atoms with Gasteiger partial charge in [-0.05, 0) is 30.5 Å². The van der Waals surface area contributed by atoms with Crippen molar-refractivity contribution in [3.8, 4) is 0 Å². The van der Waals surface area contributed by atoms with Crippen LogP contribution in [0.2, 0.25) is 5.02 Å². The van der Waals surface area contributed by atoms with Gasteiger partial charge in [0.05, 0.1) is 0 Å². The number of nitrogens with one attached hydrogen (secondary N) is 1. The van der Waals surface area contributed by atoms with Crippen molar-refractivity contribution in [3.63, 3.8) is 0 Å². The molecule has 0 saturated carbocycles. The first-order valence-electron chi connectivity index (χ1n) is 5.30. The van der Waals surface area contributed by atoms with Crippen molar-refractivity contribution in [1.82, 2.24) is 5.32 Å². The van der Waals surface area contributed by atoms with Crippen LogP contribution in [0.4, 0.5) is 0 Å². The number of alkyl halides is 1. The zero-order valence-corrected chi connectivity index (χ0v) is 11.3. The molecule has 0 amide bonds. The summed E-state index contributed by atoms with van der Waals surface area (Å²) in [7, 11) is 0. The molecule has 1 aromatic rings. The lowest BCUT2D eigenvalue weighted by atomic mass is 10.1. The normalized spacial score (nSPS) is 12.7. The number of halogens is 2. The van der Waals surface area contributed by atoms with Gasteiger partial charge >= 0.3 is 0 Å². The van der Waals surface area contributed by atoms with Crippen LogP contribution in [0.25, 0.3) is 0 Å².